The number of hydrogen-bond donors (Lipinski definition) is 0. The van der Waals surface area contributed by atoms with Gasteiger partial charge >= 0.3 is 0 Å². The first-order chi connectivity index (χ1) is 5.65. The molecule has 64 valence electrons. The lowest BCUT2D eigenvalue weighted by atomic mass is 10.3. The molecule has 0 aliphatic rings. The summed E-state index contributed by atoms with van der Waals surface area (Å²) in [7, 11) is 0. The number of aromatic nitrogens is 2. The van der Waals surface area contributed by atoms with Crippen LogP contribution in [0.25, 0.3) is 0 Å². The third-order valence-electron chi connectivity index (χ3n) is 1.65. The molecule has 0 saturated heterocycles. The number of nitrogens with zero attached hydrogens (tertiary/aromatic N) is 2. The topological polar surface area (TPSA) is 25.8 Å². The highest BCUT2D eigenvalue weighted by atomic mass is 32.2. The van der Waals surface area contributed by atoms with Crippen molar-refractivity contribution in [1.82, 2.24) is 9.97 Å². The fraction of sp³-hybridized carbons (Fsp3) is 0.333. The molecular formula is C9H12N2S. The van der Waals surface area contributed by atoms with Crippen molar-refractivity contribution in [2.75, 3.05) is 0 Å². The molecule has 0 N–H and O–H groups in total. The van der Waals surface area contributed by atoms with E-state index in [1.54, 1.807) is 17.2 Å². The molecule has 1 aromatic rings. The van der Waals surface area contributed by atoms with Gasteiger partial charge in [-0.25, -0.2) is 9.97 Å². The first-order valence-corrected chi connectivity index (χ1v) is 4.62. The maximum absolute atomic E-state index is 4.30. The molecule has 0 aromatic carbocycles. The summed E-state index contributed by atoms with van der Waals surface area (Å²) in [4.78, 5) is 8.56. The zero-order valence-corrected chi connectivity index (χ0v) is 8.40. The van der Waals surface area contributed by atoms with Gasteiger partial charge in [0, 0.05) is 11.3 Å². The molecule has 0 fully saturated rings. The number of hydrogen-bond acceptors (Lipinski definition) is 3. The van der Waals surface area contributed by atoms with Crippen molar-refractivity contribution in [3.8, 4) is 0 Å². The van der Waals surface area contributed by atoms with Gasteiger partial charge in [-0.15, -0.1) is 0 Å². The maximum Gasteiger partial charge on any atom is 0.126 e. The van der Waals surface area contributed by atoms with Crippen LogP contribution in [0.2, 0.25) is 0 Å². The first kappa shape index (κ1) is 9.26. The van der Waals surface area contributed by atoms with E-state index >= 15 is 0 Å². The quantitative estimate of drug-likeness (QED) is 0.517. The molecular weight excluding hydrogens is 168 g/mol. The van der Waals surface area contributed by atoms with Crippen LogP contribution < -0.4 is 0 Å². The predicted molar refractivity (Wildman–Crippen MR) is 52.3 cm³/mol. The Morgan fingerprint density at radius 1 is 1.25 bits per heavy atom. The minimum Gasteiger partial charge on any atom is -0.238 e. The van der Waals surface area contributed by atoms with Crippen molar-refractivity contribution in [2.24, 2.45) is 0 Å². The second-order valence-electron chi connectivity index (χ2n) is 2.57. The Kier molecular flexibility index (Phi) is 2.87. The van der Waals surface area contributed by atoms with Gasteiger partial charge < -0.3 is 0 Å². The lowest BCUT2D eigenvalue weighted by Crippen LogP contribution is -1.96. The maximum atomic E-state index is 4.30. The highest BCUT2D eigenvalue weighted by Gasteiger charge is 2.03. The van der Waals surface area contributed by atoms with Crippen LogP contribution in [0.5, 0.6) is 0 Å². The van der Waals surface area contributed by atoms with Crippen molar-refractivity contribution in [3.05, 3.63) is 29.1 Å². The van der Waals surface area contributed by atoms with Crippen molar-refractivity contribution < 1.29 is 0 Å². The fourth-order valence-electron chi connectivity index (χ4n) is 0.931. The third-order valence-corrected chi connectivity index (χ3v) is 2.44. The predicted octanol–water partition coefficient (Wildman–Crippen LogP) is 2.64. The monoisotopic (exact) mass is 180 g/mol. The van der Waals surface area contributed by atoms with Crippen molar-refractivity contribution in [3.63, 3.8) is 0 Å². The van der Waals surface area contributed by atoms with Crippen LogP contribution in [0.15, 0.2) is 17.0 Å². The SMILES string of the molecule is C=CSc1nc(C)nc(C)c1C. The fourth-order valence-corrected chi connectivity index (χ4v) is 1.60. The van der Waals surface area contributed by atoms with E-state index in [1.807, 2.05) is 20.8 Å². The van der Waals surface area contributed by atoms with Crippen LogP contribution >= 0.6 is 11.8 Å². The summed E-state index contributed by atoms with van der Waals surface area (Å²) in [5, 5.41) is 2.80. The van der Waals surface area contributed by atoms with Gasteiger partial charge in [0.15, 0.2) is 0 Å². The Balaban J connectivity index is 3.17. The summed E-state index contributed by atoms with van der Waals surface area (Å²) in [5.41, 5.74) is 2.19. The van der Waals surface area contributed by atoms with Gasteiger partial charge in [-0.2, -0.15) is 0 Å². The summed E-state index contributed by atoms with van der Waals surface area (Å²) in [6, 6.07) is 0. The Bertz CT molecular complexity index is 308. The number of rotatable bonds is 2. The van der Waals surface area contributed by atoms with Crippen LogP contribution in [0.3, 0.4) is 0 Å². The number of aryl methyl sites for hydroxylation is 2. The largest absolute Gasteiger partial charge is 0.238 e. The summed E-state index contributed by atoms with van der Waals surface area (Å²) in [6.07, 6.45) is 0. The molecule has 12 heavy (non-hydrogen) atoms. The second kappa shape index (κ2) is 3.72. The van der Waals surface area contributed by atoms with E-state index < -0.39 is 0 Å². The summed E-state index contributed by atoms with van der Waals surface area (Å²) < 4.78 is 0. The zero-order chi connectivity index (χ0) is 9.14. The molecule has 0 amide bonds. The summed E-state index contributed by atoms with van der Waals surface area (Å²) in [6.45, 7) is 9.59. The number of thioether (sulfide) groups is 1. The molecule has 0 atom stereocenters. The van der Waals surface area contributed by atoms with Crippen molar-refractivity contribution >= 4 is 11.8 Å². The van der Waals surface area contributed by atoms with Crippen LogP contribution in [-0.4, -0.2) is 9.97 Å². The molecule has 0 radical (unpaired) electrons. The van der Waals surface area contributed by atoms with Gasteiger partial charge in [-0.05, 0) is 26.2 Å². The van der Waals surface area contributed by atoms with Gasteiger partial charge in [0.05, 0.1) is 0 Å². The smallest absolute Gasteiger partial charge is 0.126 e. The van der Waals surface area contributed by atoms with E-state index in [9.17, 15) is 0 Å². The summed E-state index contributed by atoms with van der Waals surface area (Å²) in [5.74, 6) is 0.822. The normalized spacial score (nSPS) is 9.92. The molecule has 0 aliphatic heterocycles. The van der Waals surface area contributed by atoms with E-state index in [2.05, 4.69) is 16.5 Å². The second-order valence-corrected chi connectivity index (χ2v) is 3.53. The Morgan fingerprint density at radius 3 is 2.50 bits per heavy atom. The highest BCUT2D eigenvalue weighted by Crippen LogP contribution is 2.21. The highest BCUT2D eigenvalue weighted by molar-refractivity contribution is 8.02. The molecule has 0 spiro atoms. The van der Waals surface area contributed by atoms with Gasteiger partial charge in [-0.3, -0.25) is 0 Å². The molecule has 0 unspecified atom stereocenters. The molecule has 0 bridgehead atoms. The van der Waals surface area contributed by atoms with Crippen LogP contribution in [0, 0.1) is 20.8 Å². The minimum atomic E-state index is 0.822. The zero-order valence-electron chi connectivity index (χ0n) is 7.59. The van der Waals surface area contributed by atoms with E-state index in [-0.39, 0.29) is 0 Å². The lowest BCUT2D eigenvalue weighted by Gasteiger charge is -2.04. The lowest BCUT2D eigenvalue weighted by molar-refractivity contribution is 0.907. The standard InChI is InChI=1S/C9H12N2S/c1-5-12-9-6(2)7(3)10-8(4)11-9/h5H,1H2,2-4H3. The van der Waals surface area contributed by atoms with Crippen LogP contribution in [-0.2, 0) is 0 Å². The molecule has 0 aliphatic carbocycles. The molecule has 2 nitrogen and oxygen atoms in total. The van der Waals surface area contributed by atoms with E-state index in [4.69, 9.17) is 0 Å². The minimum absolute atomic E-state index is 0.822. The van der Waals surface area contributed by atoms with Crippen molar-refractivity contribution in [2.45, 2.75) is 25.8 Å². The van der Waals surface area contributed by atoms with Gasteiger partial charge in [0.25, 0.3) is 0 Å². The Labute approximate surface area is 77.1 Å². The van der Waals surface area contributed by atoms with Crippen LogP contribution in [0.1, 0.15) is 17.1 Å². The summed E-state index contributed by atoms with van der Waals surface area (Å²) >= 11 is 1.54. The van der Waals surface area contributed by atoms with Gasteiger partial charge in [-0.1, -0.05) is 18.3 Å². The van der Waals surface area contributed by atoms with Gasteiger partial charge in [0.2, 0.25) is 0 Å². The van der Waals surface area contributed by atoms with E-state index in [0.29, 0.717) is 0 Å². The van der Waals surface area contributed by atoms with E-state index in [0.717, 1.165) is 22.1 Å². The Hall–Kier alpha value is -0.830. The van der Waals surface area contributed by atoms with Gasteiger partial charge in [0.1, 0.15) is 10.9 Å². The molecule has 0 saturated carbocycles. The molecule has 1 aromatic heterocycles. The Morgan fingerprint density at radius 2 is 1.92 bits per heavy atom. The van der Waals surface area contributed by atoms with Crippen LogP contribution in [0.4, 0.5) is 0 Å². The molecule has 3 heteroatoms. The molecule has 1 rings (SSSR count). The molecule has 1 heterocycles. The van der Waals surface area contributed by atoms with E-state index in [1.165, 1.54) is 0 Å². The average molecular weight is 180 g/mol. The first-order valence-electron chi connectivity index (χ1n) is 3.74. The average Bonchev–Trinajstić information content (AvgIpc) is 2.00. The third kappa shape index (κ3) is 1.85. The van der Waals surface area contributed by atoms with Crippen molar-refractivity contribution in [1.29, 1.82) is 0 Å².